The van der Waals surface area contributed by atoms with E-state index in [9.17, 15) is 4.79 Å². The van der Waals surface area contributed by atoms with Crippen molar-refractivity contribution in [2.45, 2.75) is 20.0 Å². The van der Waals surface area contributed by atoms with Crippen LogP contribution in [0.25, 0.3) is 0 Å². The Morgan fingerprint density at radius 2 is 1.84 bits per heavy atom. The highest BCUT2D eigenvalue weighted by atomic mass is 16.5. The molecule has 1 aromatic heterocycles. The quantitative estimate of drug-likeness (QED) is 0.914. The van der Waals surface area contributed by atoms with Gasteiger partial charge in [-0.25, -0.2) is 0 Å². The fourth-order valence-corrected chi connectivity index (χ4v) is 1.62. The van der Waals surface area contributed by atoms with Crippen LogP contribution in [-0.4, -0.2) is 17.0 Å². The van der Waals surface area contributed by atoms with E-state index in [2.05, 4.69) is 10.3 Å². The van der Waals surface area contributed by atoms with Crippen molar-refractivity contribution in [3.63, 3.8) is 0 Å². The second-order valence-corrected chi connectivity index (χ2v) is 4.35. The monoisotopic (exact) mass is 256 g/mol. The molecule has 0 radical (unpaired) electrons. The second-order valence-electron chi connectivity index (χ2n) is 4.35. The number of benzene rings is 1. The molecule has 2 rings (SSSR count). The fraction of sp³-hybridized carbons (Fsp3) is 0.200. The fourth-order valence-electron chi connectivity index (χ4n) is 1.62. The van der Waals surface area contributed by atoms with Gasteiger partial charge >= 0.3 is 0 Å². The summed E-state index contributed by atoms with van der Waals surface area (Å²) < 4.78 is 5.66. The SMILES string of the molecule is CC(C)Oc1ccccc1NC(=O)c1ccncc1. The minimum atomic E-state index is -0.179. The summed E-state index contributed by atoms with van der Waals surface area (Å²) in [4.78, 5) is 15.9. The third kappa shape index (κ3) is 3.55. The van der Waals surface area contributed by atoms with Crippen LogP contribution in [0.3, 0.4) is 0 Å². The van der Waals surface area contributed by atoms with Gasteiger partial charge in [0.05, 0.1) is 11.8 Å². The summed E-state index contributed by atoms with van der Waals surface area (Å²) in [5.74, 6) is 0.488. The highest BCUT2D eigenvalue weighted by molar-refractivity contribution is 6.04. The van der Waals surface area contributed by atoms with Crippen molar-refractivity contribution in [1.29, 1.82) is 0 Å². The van der Waals surface area contributed by atoms with Crippen molar-refractivity contribution >= 4 is 11.6 Å². The average Bonchev–Trinajstić information content (AvgIpc) is 2.41. The van der Waals surface area contributed by atoms with Crippen molar-refractivity contribution in [2.24, 2.45) is 0 Å². The molecule has 1 heterocycles. The molecule has 0 atom stereocenters. The zero-order valence-electron chi connectivity index (χ0n) is 11.0. The van der Waals surface area contributed by atoms with Gasteiger partial charge in [-0.3, -0.25) is 9.78 Å². The maximum absolute atomic E-state index is 12.1. The molecule has 4 heteroatoms. The van der Waals surface area contributed by atoms with Gasteiger partial charge in [0.2, 0.25) is 0 Å². The lowest BCUT2D eigenvalue weighted by atomic mass is 10.2. The van der Waals surface area contributed by atoms with E-state index in [0.29, 0.717) is 17.0 Å². The lowest BCUT2D eigenvalue weighted by molar-refractivity contribution is 0.102. The molecule has 2 aromatic rings. The Hall–Kier alpha value is -2.36. The molecular formula is C15H16N2O2. The molecule has 1 N–H and O–H groups in total. The molecule has 19 heavy (non-hydrogen) atoms. The van der Waals surface area contributed by atoms with Gasteiger partial charge < -0.3 is 10.1 Å². The molecule has 0 aliphatic heterocycles. The van der Waals surface area contributed by atoms with E-state index in [1.165, 1.54) is 0 Å². The first-order valence-corrected chi connectivity index (χ1v) is 6.14. The molecule has 0 aliphatic carbocycles. The highest BCUT2D eigenvalue weighted by Crippen LogP contribution is 2.25. The molecule has 0 saturated heterocycles. The first kappa shape index (κ1) is 13.1. The Morgan fingerprint density at radius 1 is 1.16 bits per heavy atom. The number of ether oxygens (including phenoxy) is 1. The molecule has 98 valence electrons. The zero-order chi connectivity index (χ0) is 13.7. The van der Waals surface area contributed by atoms with E-state index in [-0.39, 0.29) is 12.0 Å². The Labute approximate surface area is 112 Å². The van der Waals surface area contributed by atoms with Crippen molar-refractivity contribution in [2.75, 3.05) is 5.32 Å². The Balaban J connectivity index is 2.17. The van der Waals surface area contributed by atoms with E-state index in [4.69, 9.17) is 4.74 Å². The molecule has 0 spiro atoms. The van der Waals surface area contributed by atoms with Crippen molar-refractivity contribution in [3.05, 3.63) is 54.4 Å². The van der Waals surface area contributed by atoms with Crippen LogP contribution in [0, 0.1) is 0 Å². The Kier molecular flexibility index (Phi) is 4.13. The van der Waals surface area contributed by atoms with Gasteiger partial charge in [-0.1, -0.05) is 12.1 Å². The first-order chi connectivity index (χ1) is 9.16. The predicted molar refractivity (Wildman–Crippen MR) is 74.4 cm³/mol. The van der Waals surface area contributed by atoms with Gasteiger partial charge in [0.1, 0.15) is 5.75 Å². The summed E-state index contributed by atoms with van der Waals surface area (Å²) >= 11 is 0. The van der Waals surface area contributed by atoms with E-state index in [1.54, 1.807) is 24.5 Å². The number of carbonyl (C=O) groups excluding carboxylic acids is 1. The molecule has 4 nitrogen and oxygen atoms in total. The minimum absolute atomic E-state index is 0.0546. The normalized spacial score (nSPS) is 10.3. The van der Waals surface area contributed by atoms with Crippen LogP contribution in [0.1, 0.15) is 24.2 Å². The van der Waals surface area contributed by atoms with Gasteiger partial charge in [0.25, 0.3) is 5.91 Å². The van der Waals surface area contributed by atoms with Crippen molar-refractivity contribution < 1.29 is 9.53 Å². The van der Waals surface area contributed by atoms with Gasteiger partial charge in [0.15, 0.2) is 0 Å². The molecule has 1 aromatic carbocycles. The molecule has 0 saturated carbocycles. The van der Waals surface area contributed by atoms with Crippen LogP contribution in [0.2, 0.25) is 0 Å². The molecular weight excluding hydrogens is 240 g/mol. The van der Waals surface area contributed by atoms with Crippen molar-refractivity contribution in [1.82, 2.24) is 4.98 Å². The summed E-state index contributed by atoms with van der Waals surface area (Å²) in [7, 11) is 0. The maximum Gasteiger partial charge on any atom is 0.255 e. The first-order valence-electron chi connectivity index (χ1n) is 6.14. The van der Waals surface area contributed by atoms with Gasteiger partial charge in [-0.15, -0.1) is 0 Å². The van der Waals surface area contributed by atoms with E-state index in [0.717, 1.165) is 0 Å². The summed E-state index contributed by atoms with van der Waals surface area (Å²) in [6, 6.07) is 10.7. The van der Waals surface area contributed by atoms with Crippen LogP contribution in [0.15, 0.2) is 48.8 Å². The number of nitrogens with zero attached hydrogens (tertiary/aromatic N) is 1. The van der Waals surface area contributed by atoms with E-state index in [1.807, 2.05) is 38.1 Å². The second kappa shape index (κ2) is 6.00. The number of para-hydroxylation sites is 2. The van der Waals surface area contributed by atoms with Gasteiger partial charge in [0, 0.05) is 18.0 Å². The number of carbonyl (C=O) groups is 1. The van der Waals surface area contributed by atoms with Gasteiger partial charge in [-0.05, 0) is 38.1 Å². The Bertz CT molecular complexity index is 553. The third-order valence-corrected chi connectivity index (χ3v) is 2.44. The lowest BCUT2D eigenvalue weighted by Gasteiger charge is -2.14. The third-order valence-electron chi connectivity index (χ3n) is 2.44. The average molecular weight is 256 g/mol. The summed E-state index contributed by atoms with van der Waals surface area (Å²) in [5.41, 5.74) is 1.23. The lowest BCUT2D eigenvalue weighted by Crippen LogP contribution is -2.14. The van der Waals surface area contributed by atoms with Crippen LogP contribution in [-0.2, 0) is 0 Å². The number of amides is 1. The molecule has 0 fully saturated rings. The topological polar surface area (TPSA) is 51.2 Å². The highest BCUT2D eigenvalue weighted by Gasteiger charge is 2.10. The van der Waals surface area contributed by atoms with Gasteiger partial charge in [-0.2, -0.15) is 0 Å². The van der Waals surface area contributed by atoms with Crippen LogP contribution in [0.4, 0.5) is 5.69 Å². The predicted octanol–water partition coefficient (Wildman–Crippen LogP) is 3.12. The summed E-state index contributed by atoms with van der Waals surface area (Å²) in [6.07, 6.45) is 3.23. The molecule has 0 aliphatic rings. The number of rotatable bonds is 4. The minimum Gasteiger partial charge on any atom is -0.489 e. The van der Waals surface area contributed by atoms with E-state index < -0.39 is 0 Å². The zero-order valence-corrected chi connectivity index (χ0v) is 11.0. The summed E-state index contributed by atoms with van der Waals surface area (Å²) in [6.45, 7) is 3.89. The van der Waals surface area contributed by atoms with Crippen LogP contribution in [0.5, 0.6) is 5.75 Å². The summed E-state index contributed by atoms with van der Waals surface area (Å²) in [5, 5.41) is 2.84. The number of hydrogen-bond donors (Lipinski definition) is 1. The van der Waals surface area contributed by atoms with Crippen LogP contribution >= 0.6 is 0 Å². The number of nitrogens with one attached hydrogen (secondary N) is 1. The number of hydrogen-bond acceptors (Lipinski definition) is 3. The smallest absolute Gasteiger partial charge is 0.255 e. The number of pyridine rings is 1. The van der Waals surface area contributed by atoms with E-state index >= 15 is 0 Å². The Morgan fingerprint density at radius 3 is 2.53 bits per heavy atom. The van der Waals surface area contributed by atoms with Crippen molar-refractivity contribution in [3.8, 4) is 5.75 Å². The molecule has 0 bridgehead atoms. The molecule has 0 unspecified atom stereocenters. The largest absolute Gasteiger partial charge is 0.489 e. The molecule has 1 amide bonds. The standard InChI is InChI=1S/C15H16N2O2/c1-11(2)19-14-6-4-3-5-13(14)17-15(18)12-7-9-16-10-8-12/h3-11H,1-2H3,(H,17,18). The number of anilines is 1. The maximum atomic E-state index is 12.1. The van der Waals surface area contributed by atoms with Crippen LogP contribution < -0.4 is 10.1 Å². The number of aromatic nitrogens is 1.